The molecular weight excluding hydrogens is 348 g/mol. The lowest BCUT2D eigenvalue weighted by atomic mass is 10.0. The number of likely N-dealkylation sites (N-methyl/N-ethyl adjacent to an activating group) is 1. The van der Waals surface area contributed by atoms with E-state index in [-0.39, 0.29) is 16.5 Å². The highest BCUT2D eigenvalue weighted by atomic mass is 35.5. The Hall–Kier alpha value is -2.11. The van der Waals surface area contributed by atoms with Crippen LogP contribution in [-0.4, -0.2) is 56.3 Å². The third-order valence-electron chi connectivity index (χ3n) is 5.15. The van der Waals surface area contributed by atoms with E-state index in [9.17, 15) is 4.79 Å². The van der Waals surface area contributed by atoms with Gasteiger partial charge in [-0.1, -0.05) is 11.6 Å². The van der Waals surface area contributed by atoms with E-state index in [4.69, 9.17) is 17.3 Å². The SMILES string of the molecule is CC1=C/C(=N\c2ccc(N3CCC([N+](C)(C)C)C3)cc2)C(N)=C(Cl)C1=O. The number of Topliss-reactive ketones (excluding diaryl/α,β-unsaturated/α-hetero) is 1. The summed E-state index contributed by atoms with van der Waals surface area (Å²) in [6.07, 6.45) is 2.88. The molecule has 0 amide bonds. The summed E-state index contributed by atoms with van der Waals surface area (Å²) < 4.78 is 0.985. The van der Waals surface area contributed by atoms with Crippen molar-refractivity contribution in [3.8, 4) is 0 Å². The minimum Gasteiger partial charge on any atom is -0.396 e. The van der Waals surface area contributed by atoms with Gasteiger partial charge in [0.1, 0.15) is 11.1 Å². The molecular formula is C20H26ClN4O+. The molecule has 1 aliphatic carbocycles. The molecule has 1 fully saturated rings. The molecule has 26 heavy (non-hydrogen) atoms. The van der Waals surface area contributed by atoms with Crippen LogP contribution in [-0.2, 0) is 4.79 Å². The van der Waals surface area contributed by atoms with Gasteiger partial charge in [-0.05, 0) is 37.3 Å². The standard InChI is InChI=1S/C20H25ClN4O/c1-13-11-17(19(22)18(21)20(13)26)23-14-5-7-15(8-6-14)24-10-9-16(12-24)25(2,3)4/h5-8,11,16H,9-10,12H2,1-4H3,(H-,22,26)/p+1/b23-17+. The summed E-state index contributed by atoms with van der Waals surface area (Å²) in [5, 5.41) is 0.0452. The predicted octanol–water partition coefficient (Wildman–Crippen LogP) is 2.98. The van der Waals surface area contributed by atoms with Crippen LogP contribution in [0.1, 0.15) is 13.3 Å². The van der Waals surface area contributed by atoms with Crippen LogP contribution in [0, 0.1) is 0 Å². The first kappa shape index (κ1) is 18.7. The van der Waals surface area contributed by atoms with Gasteiger partial charge in [0.2, 0.25) is 5.78 Å². The summed E-state index contributed by atoms with van der Waals surface area (Å²) in [5.41, 5.74) is 9.26. The van der Waals surface area contributed by atoms with E-state index in [1.807, 2.05) is 12.1 Å². The topological polar surface area (TPSA) is 58.7 Å². The number of carbonyl (C=O) groups is 1. The highest BCUT2D eigenvalue weighted by Gasteiger charge is 2.32. The van der Waals surface area contributed by atoms with E-state index in [0.717, 1.165) is 23.3 Å². The Balaban J connectivity index is 1.78. The fourth-order valence-corrected chi connectivity index (χ4v) is 3.58. The average molecular weight is 374 g/mol. The van der Waals surface area contributed by atoms with Gasteiger partial charge in [0.05, 0.1) is 44.8 Å². The van der Waals surface area contributed by atoms with Crippen LogP contribution in [0.2, 0.25) is 0 Å². The van der Waals surface area contributed by atoms with Crippen molar-refractivity contribution < 1.29 is 9.28 Å². The number of quaternary nitrogens is 1. The first-order valence-corrected chi connectivity index (χ1v) is 9.18. The molecule has 1 aliphatic heterocycles. The number of hydrogen-bond acceptors (Lipinski definition) is 4. The van der Waals surface area contributed by atoms with Gasteiger partial charge in [-0.25, -0.2) is 4.99 Å². The molecule has 5 nitrogen and oxygen atoms in total. The molecule has 138 valence electrons. The first-order chi connectivity index (χ1) is 12.2. The van der Waals surface area contributed by atoms with Crippen molar-refractivity contribution in [1.29, 1.82) is 0 Å². The zero-order chi connectivity index (χ0) is 19.1. The lowest BCUT2D eigenvalue weighted by Gasteiger charge is -2.31. The van der Waals surface area contributed by atoms with Crippen molar-refractivity contribution in [2.45, 2.75) is 19.4 Å². The summed E-state index contributed by atoms with van der Waals surface area (Å²) in [6, 6.07) is 8.77. The largest absolute Gasteiger partial charge is 0.396 e. The smallest absolute Gasteiger partial charge is 0.202 e. The number of benzene rings is 1. The molecule has 3 rings (SSSR count). The van der Waals surface area contributed by atoms with Crippen LogP contribution >= 0.6 is 11.6 Å². The van der Waals surface area contributed by atoms with Crippen LogP contribution in [0.3, 0.4) is 0 Å². The molecule has 1 aromatic rings. The zero-order valence-electron chi connectivity index (χ0n) is 15.8. The maximum atomic E-state index is 11.8. The number of hydrogen-bond donors (Lipinski definition) is 1. The molecule has 0 saturated carbocycles. The van der Waals surface area contributed by atoms with Crippen molar-refractivity contribution in [1.82, 2.24) is 0 Å². The number of aliphatic imine (C=N–C) groups is 1. The first-order valence-electron chi connectivity index (χ1n) is 8.80. The minimum atomic E-state index is -0.237. The summed E-state index contributed by atoms with van der Waals surface area (Å²) >= 11 is 6.01. The normalized spacial score (nSPS) is 23.0. The summed E-state index contributed by atoms with van der Waals surface area (Å²) in [4.78, 5) is 18.8. The molecule has 0 bridgehead atoms. The molecule has 6 heteroatoms. The van der Waals surface area contributed by atoms with Crippen LogP contribution in [0.15, 0.2) is 51.6 Å². The molecule has 1 saturated heterocycles. The van der Waals surface area contributed by atoms with E-state index >= 15 is 0 Å². The molecule has 0 spiro atoms. The number of ketones is 1. The van der Waals surface area contributed by atoms with Gasteiger partial charge < -0.3 is 15.1 Å². The van der Waals surface area contributed by atoms with Crippen molar-refractivity contribution in [2.24, 2.45) is 10.7 Å². The van der Waals surface area contributed by atoms with Gasteiger partial charge in [0.25, 0.3) is 0 Å². The fraction of sp³-hybridized carbons (Fsp3) is 0.400. The summed E-state index contributed by atoms with van der Waals surface area (Å²) in [5.74, 6) is -0.237. The molecule has 1 heterocycles. The highest BCUT2D eigenvalue weighted by molar-refractivity contribution is 6.49. The number of allylic oxidation sites excluding steroid dienone is 3. The molecule has 1 aromatic carbocycles. The molecule has 0 aromatic heterocycles. The molecule has 0 radical (unpaired) electrons. The number of anilines is 1. The molecule has 1 atom stereocenters. The Kier molecular flexibility index (Phi) is 4.95. The lowest BCUT2D eigenvalue weighted by molar-refractivity contribution is -0.893. The Bertz CT molecular complexity index is 815. The van der Waals surface area contributed by atoms with E-state index < -0.39 is 0 Å². The van der Waals surface area contributed by atoms with Gasteiger partial charge in [-0.15, -0.1) is 0 Å². The van der Waals surface area contributed by atoms with E-state index in [2.05, 4.69) is 43.2 Å². The number of rotatable bonds is 3. The second-order valence-corrected chi connectivity index (χ2v) is 8.28. The van der Waals surface area contributed by atoms with Gasteiger partial charge in [-0.3, -0.25) is 4.79 Å². The van der Waals surface area contributed by atoms with Gasteiger partial charge in [-0.2, -0.15) is 0 Å². The second kappa shape index (κ2) is 6.89. The fourth-order valence-electron chi connectivity index (χ4n) is 3.33. The summed E-state index contributed by atoms with van der Waals surface area (Å²) in [7, 11) is 6.75. The van der Waals surface area contributed by atoms with Crippen molar-refractivity contribution in [3.63, 3.8) is 0 Å². The Labute approximate surface area is 160 Å². The number of nitrogens with zero attached hydrogens (tertiary/aromatic N) is 3. The number of halogens is 1. The maximum absolute atomic E-state index is 11.8. The van der Waals surface area contributed by atoms with E-state index in [1.165, 1.54) is 12.1 Å². The molecule has 1 unspecified atom stereocenters. The Morgan fingerprint density at radius 1 is 1.23 bits per heavy atom. The number of nitrogens with two attached hydrogens (primary N) is 1. The van der Waals surface area contributed by atoms with Crippen molar-refractivity contribution >= 4 is 34.5 Å². The van der Waals surface area contributed by atoms with Crippen LogP contribution in [0.5, 0.6) is 0 Å². The zero-order valence-corrected chi connectivity index (χ0v) is 16.5. The summed E-state index contributed by atoms with van der Waals surface area (Å²) in [6.45, 7) is 3.85. The van der Waals surface area contributed by atoms with E-state index in [1.54, 1.807) is 13.0 Å². The van der Waals surface area contributed by atoms with E-state index in [0.29, 0.717) is 17.3 Å². The lowest BCUT2D eigenvalue weighted by Crippen LogP contribution is -2.46. The molecule has 2 N–H and O–H groups in total. The molecule has 2 aliphatic rings. The third kappa shape index (κ3) is 3.69. The monoisotopic (exact) mass is 373 g/mol. The van der Waals surface area contributed by atoms with Crippen molar-refractivity contribution in [2.75, 3.05) is 39.1 Å². The predicted molar refractivity (Wildman–Crippen MR) is 108 cm³/mol. The Morgan fingerprint density at radius 3 is 2.46 bits per heavy atom. The van der Waals surface area contributed by atoms with Gasteiger partial charge in [0, 0.05) is 24.2 Å². The minimum absolute atomic E-state index is 0.0452. The Morgan fingerprint density at radius 2 is 1.88 bits per heavy atom. The highest BCUT2D eigenvalue weighted by Crippen LogP contribution is 2.27. The van der Waals surface area contributed by atoms with Crippen molar-refractivity contribution in [3.05, 3.63) is 46.6 Å². The van der Waals surface area contributed by atoms with Crippen LogP contribution < -0.4 is 10.6 Å². The maximum Gasteiger partial charge on any atom is 0.202 e. The second-order valence-electron chi connectivity index (χ2n) is 7.90. The van der Waals surface area contributed by atoms with Gasteiger partial charge >= 0.3 is 0 Å². The quantitative estimate of drug-likeness (QED) is 0.654. The van der Waals surface area contributed by atoms with Crippen LogP contribution in [0.4, 0.5) is 11.4 Å². The number of carbonyl (C=O) groups excluding carboxylic acids is 1. The van der Waals surface area contributed by atoms with Gasteiger partial charge in [0.15, 0.2) is 0 Å². The average Bonchev–Trinajstić information content (AvgIpc) is 3.09. The van der Waals surface area contributed by atoms with Crippen LogP contribution in [0.25, 0.3) is 0 Å². The third-order valence-corrected chi connectivity index (χ3v) is 5.52.